The molecule has 144 valence electrons. The van der Waals surface area contributed by atoms with Crippen molar-refractivity contribution >= 4 is 35.6 Å². The van der Waals surface area contributed by atoms with Gasteiger partial charge in [-0.1, -0.05) is 84.6 Å². The van der Waals surface area contributed by atoms with Crippen LogP contribution in [-0.2, 0) is 0 Å². The third-order valence-corrected chi connectivity index (χ3v) is 5.80. The first-order valence-electron chi connectivity index (χ1n) is 9.42. The fourth-order valence-corrected chi connectivity index (χ4v) is 4.39. The van der Waals surface area contributed by atoms with Gasteiger partial charge in [-0.05, 0) is 43.4 Å². The highest BCUT2D eigenvalue weighted by molar-refractivity contribution is 6.39. The van der Waals surface area contributed by atoms with E-state index in [1.165, 1.54) is 32.1 Å². The van der Waals surface area contributed by atoms with Gasteiger partial charge < -0.3 is 5.32 Å². The minimum absolute atomic E-state index is 0. The molecule has 1 aliphatic carbocycles. The molecule has 0 amide bonds. The molecule has 2 aromatic carbocycles. The minimum Gasteiger partial charge on any atom is -0.303 e. The summed E-state index contributed by atoms with van der Waals surface area (Å²) in [4.78, 5) is 0. The Morgan fingerprint density at radius 2 is 1.67 bits per heavy atom. The number of hydrogen-bond donors (Lipinski definition) is 1. The molecule has 0 heterocycles. The molecule has 1 atom stereocenters. The van der Waals surface area contributed by atoms with Gasteiger partial charge in [-0.15, -0.1) is 12.4 Å². The Morgan fingerprint density at radius 3 is 2.30 bits per heavy atom. The standard InChI is InChI=1S/C23H25Cl2N.ClH/c1-17(19-10-4-2-5-11-19)26-14-8-9-18-15-21(24)23(22(25)16-18)20-12-6-3-7-13-20;/h3,6-7,12-13,15-17,19,26H,2,4-5,10-11,14H2,1H3;1H. The monoisotopic (exact) mass is 421 g/mol. The molecule has 0 saturated heterocycles. The lowest BCUT2D eigenvalue weighted by atomic mass is 9.84. The summed E-state index contributed by atoms with van der Waals surface area (Å²) in [5, 5.41) is 4.82. The molecule has 4 heteroatoms. The Kier molecular flexibility index (Phi) is 9.00. The van der Waals surface area contributed by atoms with Gasteiger partial charge in [0.2, 0.25) is 0 Å². The van der Waals surface area contributed by atoms with Gasteiger partial charge in [0.05, 0.1) is 16.6 Å². The summed E-state index contributed by atoms with van der Waals surface area (Å²) < 4.78 is 0. The lowest BCUT2D eigenvalue weighted by Crippen LogP contribution is -2.34. The molecule has 1 N–H and O–H groups in total. The van der Waals surface area contributed by atoms with Crippen LogP contribution < -0.4 is 5.32 Å². The maximum absolute atomic E-state index is 6.47. The average Bonchev–Trinajstić information content (AvgIpc) is 2.66. The Bertz CT molecular complexity index is 763. The predicted octanol–water partition coefficient (Wildman–Crippen LogP) is 6.99. The second kappa shape index (κ2) is 11.0. The highest BCUT2D eigenvalue weighted by atomic mass is 35.5. The summed E-state index contributed by atoms with van der Waals surface area (Å²) in [6.45, 7) is 2.97. The summed E-state index contributed by atoms with van der Waals surface area (Å²) in [5.41, 5.74) is 2.74. The third-order valence-electron chi connectivity index (χ3n) is 5.21. The second-order valence-corrected chi connectivity index (χ2v) is 7.86. The van der Waals surface area contributed by atoms with Crippen LogP contribution in [0.5, 0.6) is 0 Å². The summed E-state index contributed by atoms with van der Waals surface area (Å²) in [6.07, 6.45) is 6.81. The van der Waals surface area contributed by atoms with Crippen molar-refractivity contribution in [2.45, 2.75) is 45.1 Å². The van der Waals surface area contributed by atoms with Crippen LogP contribution in [0.25, 0.3) is 11.1 Å². The molecule has 1 fully saturated rings. The molecule has 1 unspecified atom stereocenters. The van der Waals surface area contributed by atoms with Crippen LogP contribution in [0, 0.1) is 17.8 Å². The topological polar surface area (TPSA) is 12.0 Å². The first-order valence-corrected chi connectivity index (χ1v) is 10.2. The zero-order valence-electron chi connectivity index (χ0n) is 15.6. The van der Waals surface area contributed by atoms with E-state index in [0.717, 1.165) is 22.6 Å². The molecule has 0 spiro atoms. The van der Waals surface area contributed by atoms with Gasteiger partial charge in [0, 0.05) is 17.2 Å². The molecule has 1 saturated carbocycles. The SMILES string of the molecule is CC(NCC#Cc1cc(Cl)c(-c2ccccc2)c(Cl)c1)C1CCCCC1.Cl. The maximum Gasteiger partial charge on any atom is 0.0582 e. The van der Waals surface area contributed by atoms with Gasteiger partial charge >= 0.3 is 0 Å². The van der Waals surface area contributed by atoms with E-state index >= 15 is 0 Å². The number of rotatable bonds is 4. The van der Waals surface area contributed by atoms with Crippen molar-refractivity contribution in [3.05, 3.63) is 58.1 Å². The molecule has 0 radical (unpaired) electrons. The fraction of sp³-hybridized carbons (Fsp3) is 0.391. The van der Waals surface area contributed by atoms with Gasteiger partial charge in [-0.2, -0.15) is 0 Å². The number of halogens is 3. The van der Waals surface area contributed by atoms with Crippen LogP contribution in [0.1, 0.15) is 44.6 Å². The van der Waals surface area contributed by atoms with E-state index in [9.17, 15) is 0 Å². The quantitative estimate of drug-likeness (QED) is 0.523. The van der Waals surface area contributed by atoms with Crippen LogP contribution in [0.15, 0.2) is 42.5 Å². The van der Waals surface area contributed by atoms with Gasteiger partial charge in [0.1, 0.15) is 0 Å². The van der Waals surface area contributed by atoms with E-state index in [4.69, 9.17) is 23.2 Å². The van der Waals surface area contributed by atoms with E-state index in [1.54, 1.807) is 0 Å². The molecule has 2 aromatic rings. The molecule has 3 rings (SSSR count). The van der Waals surface area contributed by atoms with Crippen molar-refractivity contribution in [2.75, 3.05) is 6.54 Å². The molecule has 27 heavy (non-hydrogen) atoms. The molecular formula is C23H26Cl3N. The fourth-order valence-electron chi connectivity index (χ4n) is 3.69. The maximum atomic E-state index is 6.47. The molecular weight excluding hydrogens is 397 g/mol. The molecule has 0 aromatic heterocycles. The van der Waals surface area contributed by atoms with E-state index < -0.39 is 0 Å². The third kappa shape index (κ3) is 6.16. The van der Waals surface area contributed by atoms with Crippen LogP contribution in [0.4, 0.5) is 0 Å². The molecule has 0 bridgehead atoms. The first-order chi connectivity index (χ1) is 12.6. The van der Waals surface area contributed by atoms with Crippen LogP contribution in [0.2, 0.25) is 10.0 Å². The van der Waals surface area contributed by atoms with Crippen molar-refractivity contribution in [2.24, 2.45) is 5.92 Å². The van der Waals surface area contributed by atoms with Crippen molar-refractivity contribution in [1.29, 1.82) is 0 Å². The van der Waals surface area contributed by atoms with Gasteiger partial charge in [-0.25, -0.2) is 0 Å². The summed E-state index contributed by atoms with van der Waals surface area (Å²) in [5.74, 6) is 7.18. The number of hydrogen-bond acceptors (Lipinski definition) is 1. The van der Waals surface area contributed by atoms with Gasteiger partial charge in [0.15, 0.2) is 0 Å². The largest absolute Gasteiger partial charge is 0.303 e. The van der Waals surface area contributed by atoms with E-state index in [-0.39, 0.29) is 12.4 Å². The van der Waals surface area contributed by atoms with Crippen molar-refractivity contribution in [1.82, 2.24) is 5.32 Å². The zero-order chi connectivity index (χ0) is 18.4. The summed E-state index contributed by atoms with van der Waals surface area (Å²) in [7, 11) is 0. The predicted molar refractivity (Wildman–Crippen MR) is 120 cm³/mol. The lowest BCUT2D eigenvalue weighted by Gasteiger charge is -2.27. The van der Waals surface area contributed by atoms with Crippen LogP contribution in [-0.4, -0.2) is 12.6 Å². The lowest BCUT2D eigenvalue weighted by molar-refractivity contribution is 0.287. The number of nitrogens with one attached hydrogen (secondary N) is 1. The van der Waals surface area contributed by atoms with Crippen molar-refractivity contribution < 1.29 is 0 Å². The van der Waals surface area contributed by atoms with Crippen molar-refractivity contribution in [3.8, 4) is 23.0 Å². The summed E-state index contributed by atoms with van der Waals surface area (Å²) in [6, 6.07) is 14.3. The molecule has 0 aliphatic heterocycles. The van der Waals surface area contributed by atoms with E-state index in [1.807, 2.05) is 42.5 Å². The average molecular weight is 423 g/mol. The molecule has 1 nitrogen and oxygen atoms in total. The van der Waals surface area contributed by atoms with Gasteiger partial charge in [-0.3, -0.25) is 0 Å². The Morgan fingerprint density at radius 1 is 1.04 bits per heavy atom. The number of benzene rings is 2. The highest BCUT2D eigenvalue weighted by Gasteiger charge is 2.18. The second-order valence-electron chi connectivity index (χ2n) is 7.05. The smallest absolute Gasteiger partial charge is 0.0582 e. The van der Waals surface area contributed by atoms with Crippen LogP contribution >= 0.6 is 35.6 Å². The van der Waals surface area contributed by atoms with Crippen LogP contribution in [0.3, 0.4) is 0 Å². The normalized spacial score (nSPS) is 15.4. The Hall–Kier alpha value is -1.17. The Balaban J connectivity index is 0.00000261. The summed E-state index contributed by atoms with van der Waals surface area (Å²) >= 11 is 12.9. The van der Waals surface area contributed by atoms with Gasteiger partial charge in [0.25, 0.3) is 0 Å². The molecule has 1 aliphatic rings. The minimum atomic E-state index is 0. The highest BCUT2D eigenvalue weighted by Crippen LogP contribution is 2.35. The van der Waals surface area contributed by atoms with E-state index in [2.05, 4.69) is 24.1 Å². The first kappa shape index (κ1) is 22.1. The van der Waals surface area contributed by atoms with E-state index in [0.29, 0.717) is 22.6 Å². The van der Waals surface area contributed by atoms with Crippen molar-refractivity contribution in [3.63, 3.8) is 0 Å². The zero-order valence-corrected chi connectivity index (χ0v) is 17.9. The Labute approximate surface area is 179 Å².